The third-order valence-corrected chi connectivity index (χ3v) is 9.83. The van der Waals surface area contributed by atoms with Gasteiger partial charge >= 0.3 is 5.97 Å². The maximum Gasteiger partial charge on any atom is 0.324 e. The van der Waals surface area contributed by atoms with Crippen molar-refractivity contribution in [3.63, 3.8) is 0 Å². The van der Waals surface area contributed by atoms with Crippen LogP contribution in [-0.4, -0.2) is 33.0 Å². The monoisotopic (exact) mass is 610 g/mol. The Labute approximate surface area is 268 Å². The van der Waals surface area contributed by atoms with E-state index in [0.29, 0.717) is 29.8 Å². The van der Waals surface area contributed by atoms with Crippen LogP contribution in [0.5, 0.6) is 11.5 Å². The van der Waals surface area contributed by atoms with E-state index in [0.717, 1.165) is 77.8 Å². The molecule has 1 N–H and O–H groups in total. The Balaban J connectivity index is 1.23. The quantitative estimate of drug-likeness (QED) is 0.214. The van der Waals surface area contributed by atoms with Gasteiger partial charge in [0.25, 0.3) is 0 Å². The first kappa shape index (κ1) is 29.5. The summed E-state index contributed by atoms with van der Waals surface area (Å²) in [7, 11) is 0. The number of pyridine rings is 1. The summed E-state index contributed by atoms with van der Waals surface area (Å²) < 4.78 is 13.0. The van der Waals surface area contributed by atoms with Crippen molar-refractivity contribution in [1.82, 2.24) is 9.88 Å². The number of ether oxygens (including phenoxy) is 2. The Morgan fingerprint density at radius 3 is 2.59 bits per heavy atom. The number of rotatable bonds is 10. The van der Waals surface area contributed by atoms with Crippen LogP contribution in [0.3, 0.4) is 0 Å². The summed E-state index contributed by atoms with van der Waals surface area (Å²) in [6, 6.07) is 24.0. The Bertz CT molecular complexity index is 1890. The molecule has 1 saturated carbocycles. The van der Waals surface area contributed by atoms with Crippen molar-refractivity contribution < 1.29 is 19.4 Å². The van der Waals surface area contributed by atoms with Crippen molar-refractivity contribution in [3.05, 3.63) is 112 Å². The second-order valence-corrected chi connectivity index (χ2v) is 12.4. The van der Waals surface area contributed by atoms with Gasteiger partial charge in [0.15, 0.2) is 0 Å². The molecule has 2 atom stereocenters. The first-order valence-electron chi connectivity index (χ1n) is 15.8. The molecule has 2 aliphatic carbocycles. The summed E-state index contributed by atoms with van der Waals surface area (Å²) in [5.74, 6) is 0.834. The largest absolute Gasteiger partial charge is 0.488 e. The molecule has 3 aliphatic rings. The molecule has 3 aromatic carbocycles. The van der Waals surface area contributed by atoms with Crippen molar-refractivity contribution in [1.29, 1.82) is 10.5 Å². The predicted octanol–water partition coefficient (Wildman–Crippen LogP) is 6.58. The van der Waals surface area contributed by atoms with E-state index in [1.54, 1.807) is 12.3 Å². The van der Waals surface area contributed by atoms with Crippen LogP contribution in [-0.2, 0) is 37.4 Å². The summed E-state index contributed by atoms with van der Waals surface area (Å²) in [6.45, 7) is 1.66. The molecule has 2 unspecified atom stereocenters. The van der Waals surface area contributed by atoms with Gasteiger partial charge in [0.05, 0.1) is 11.1 Å². The second kappa shape index (κ2) is 12.3. The summed E-state index contributed by atoms with van der Waals surface area (Å²) in [5.41, 5.74) is 6.98. The highest BCUT2D eigenvalue weighted by Crippen LogP contribution is 2.55. The van der Waals surface area contributed by atoms with Crippen LogP contribution in [0.15, 0.2) is 73.1 Å². The van der Waals surface area contributed by atoms with E-state index in [-0.39, 0.29) is 19.1 Å². The van der Waals surface area contributed by atoms with E-state index in [9.17, 15) is 20.4 Å². The van der Waals surface area contributed by atoms with Crippen LogP contribution < -0.4 is 9.47 Å². The predicted molar refractivity (Wildman–Crippen MR) is 171 cm³/mol. The highest BCUT2D eigenvalue weighted by Gasteiger charge is 2.65. The molecule has 0 bridgehead atoms. The lowest BCUT2D eigenvalue weighted by molar-refractivity contribution is -0.147. The molecular weight excluding hydrogens is 576 g/mol. The summed E-state index contributed by atoms with van der Waals surface area (Å²) >= 11 is 0. The third-order valence-electron chi connectivity index (χ3n) is 9.83. The van der Waals surface area contributed by atoms with E-state index in [1.807, 2.05) is 54.6 Å². The lowest BCUT2D eigenvalue weighted by atomic mass is 9.96. The Kier molecular flexibility index (Phi) is 7.90. The molecule has 0 amide bonds. The molecular formula is C38H34N4O4. The molecule has 0 radical (unpaired) electrons. The second-order valence-electron chi connectivity index (χ2n) is 12.4. The highest BCUT2D eigenvalue weighted by molar-refractivity contribution is 5.83. The van der Waals surface area contributed by atoms with Crippen LogP contribution >= 0.6 is 0 Å². The fourth-order valence-corrected chi connectivity index (χ4v) is 7.46. The first-order chi connectivity index (χ1) is 22.5. The van der Waals surface area contributed by atoms with Gasteiger partial charge in [-0.15, -0.1) is 0 Å². The number of aliphatic carboxylic acids is 1. The third kappa shape index (κ3) is 5.36. The van der Waals surface area contributed by atoms with Crippen LogP contribution in [0.4, 0.5) is 0 Å². The van der Waals surface area contributed by atoms with E-state index in [4.69, 9.17) is 9.47 Å². The van der Waals surface area contributed by atoms with E-state index < -0.39 is 11.5 Å². The maximum absolute atomic E-state index is 12.5. The smallest absolute Gasteiger partial charge is 0.324 e. The van der Waals surface area contributed by atoms with Gasteiger partial charge in [-0.2, -0.15) is 10.5 Å². The molecule has 4 aromatic rings. The number of hydrogen-bond acceptors (Lipinski definition) is 7. The number of carbonyl (C=O) groups is 1. The molecule has 8 heteroatoms. The number of likely N-dealkylation sites (tertiary alicyclic amines) is 1. The zero-order valence-electron chi connectivity index (χ0n) is 25.5. The van der Waals surface area contributed by atoms with Crippen molar-refractivity contribution in [2.75, 3.05) is 6.54 Å². The fraction of sp³-hybridized carbons (Fsp3) is 0.316. The van der Waals surface area contributed by atoms with Crippen LogP contribution in [0.25, 0.3) is 11.1 Å². The van der Waals surface area contributed by atoms with Crippen molar-refractivity contribution in [2.45, 2.75) is 63.8 Å². The first-order valence-corrected chi connectivity index (χ1v) is 15.8. The van der Waals surface area contributed by atoms with Gasteiger partial charge in [-0.25, -0.2) is 0 Å². The SMILES string of the molecule is N#Cc1cncc(COc2cc(OCc3cccc(-c4ccccc4)c3C#N)c3c(c2CN2CCCC4CC42C(=O)O)CCC3)c1. The molecule has 2 fully saturated rings. The van der Waals surface area contributed by atoms with Gasteiger partial charge in [0.2, 0.25) is 0 Å². The highest BCUT2D eigenvalue weighted by atomic mass is 16.5. The van der Waals surface area contributed by atoms with Crippen molar-refractivity contribution in [3.8, 4) is 34.8 Å². The molecule has 8 nitrogen and oxygen atoms in total. The number of aromatic nitrogens is 1. The lowest BCUT2D eigenvalue weighted by Gasteiger charge is -2.34. The van der Waals surface area contributed by atoms with Gasteiger partial charge < -0.3 is 14.6 Å². The average Bonchev–Trinajstić information content (AvgIpc) is 3.67. The van der Waals surface area contributed by atoms with E-state index >= 15 is 0 Å². The van der Waals surface area contributed by atoms with Crippen molar-refractivity contribution >= 4 is 5.97 Å². The Hall–Kier alpha value is -5.18. The number of carboxylic acids is 1. The summed E-state index contributed by atoms with van der Waals surface area (Å²) in [6.07, 6.45) is 8.51. The van der Waals surface area contributed by atoms with E-state index in [2.05, 4.69) is 22.0 Å². The van der Waals surface area contributed by atoms with Gasteiger partial charge in [-0.3, -0.25) is 14.7 Å². The van der Waals surface area contributed by atoms with Crippen LogP contribution in [0.1, 0.15) is 64.6 Å². The number of piperidine rings is 1. The minimum Gasteiger partial charge on any atom is -0.488 e. The average molecular weight is 611 g/mol. The molecule has 230 valence electrons. The molecule has 1 saturated heterocycles. The summed E-state index contributed by atoms with van der Waals surface area (Å²) in [5, 5.41) is 29.8. The van der Waals surface area contributed by atoms with Gasteiger partial charge in [0, 0.05) is 41.7 Å². The minimum atomic E-state index is -0.793. The Morgan fingerprint density at radius 2 is 1.78 bits per heavy atom. The van der Waals surface area contributed by atoms with Gasteiger partial charge in [0.1, 0.15) is 42.4 Å². The molecule has 0 spiro atoms. The zero-order valence-corrected chi connectivity index (χ0v) is 25.5. The number of hydrogen-bond donors (Lipinski definition) is 1. The standard InChI is InChI=1S/C38H34N4O4/c39-18-25-15-26(21-41-20-25)23-45-36-16-35(46-24-28-9-4-11-30(33(28)19-40)27-7-2-1-3-8-27)32-13-5-12-31(32)34(36)22-42-14-6-10-29-17-38(29,42)37(43)44/h1-4,7-9,11,15-16,20-21,29H,5-6,10,12-14,17,22-24H2,(H,43,44). The Morgan fingerprint density at radius 1 is 0.957 bits per heavy atom. The lowest BCUT2D eigenvalue weighted by Crippen LogP contribution is -2.47. The molecule has 46 heavy (non-hydrogen) atoms. The number of nitrogens with zero attached hydrogens (tertiary/aromatic N) is 4. The normalized spacial score (nSPS) is 19.7. The van der Waals surface area contributed by atoms with Crippen LogP contribution in [0, 0.1) is 28.6 Å². The van der Waals surface area contributed by atoms with Gasteiger partial charge in [-0.05, 0) is 79.3 Å². The van der Waals surface area contributed by atoms with Gasteiger partial charge in [-0.1, -0.05) is 48.5 Å². The maximum atomic E-state index is 12.5. The fourth-order valence-electron chi connectivity index (χ4n) is 7.46. The topological polar surface area (TPSA) is 119 Å². The number of benzene rings is 3. The minimum absolute atomic E-state index is 0.194. The molecule has 1 aromatic heterocycles. The van der Waals surface area contributed by atoms with Crippen LogP contribution in [0.2, 0.25) is 0 Å². The molecule has 7 rings (SSSR count). The molecule has 1 aliphatic heterocycles. The number of fused-ring (bicyclic) bond motifs is 2. The number of carboxylic acid groups (broad SMARTS) is 1. The van der Waals surface area contributed by atoms with Crippen molar-refractivity contribution in [2.24, 2.45) is 5.92 Å². The number of nitriles is 2. The summed E-state index contributed by atoms with van der Waals surface area (Å²) in [4.78, 5) is 18.8. The zero-order chi connectivity index (χ0) is 31.7. The molecule has 2 heterocycles. The van der Waals surface area contributed by atoms with E-state index in [1.165, 1.54) is 11.8 Å².